The largest absolute Gasteiger partial charge is 0.492 e. The summed E-state index contributed by atoms with van der Waals surface area (Å²) < 4.78 is 45.9. The third-order valence-corrected chi connectivity index (χ3v) is 8.57. The van der Waals surface area contributed by atoms with Crippen molar-refractivity contribution in [3.63, 3.8) is 0 Å². The van der Waals surface area contributed by atoms with E-state index in [1.807, 2.05) is 0 Å². The first-order valence-corrected chi connectivity index (χ1v) is 15.1. The second-order valence-electron chi connectivity index (χ2n) is 9.97. The normalized spacial score (nSPS) is 22.1. The standard InChI is InChI=1S/C28H26Cl2FN3O5S/c1-15-3-6-18(31)13-19(15)26-28(21-7-4-17(30)12-23(21)33-27(28)36)22(14-25(35)34-26)20-11-16(29)5-8-24(20)39-10-9-32-40(2,37)38/h3-8,11-13,22,26,32H,9-10,14H2,1-2H3,(H,33,36)(H,34,35)/t22-,26+,28?/m1/s1. The minimum Gasteiger partial charge on any atom is -0.492 e. The van der Waals surface area contributed by atoms with Gasteiger partial charge in [-0.25, -0.2) is 17.5 Å². The molecular weight excluding hydrogens is 580 g/mol. The molecule has 1 saturated heterocycles. The molecule has 2 aliphatic rings. The Labute approximate surface area is 241 Å². The first-order valence-electron chi connectivity index (χ1n) is 12.4. The van der Waals surface area contributed by atoms with Crippen LogP contribution in [-0.4, -0.2) is 39.6 Å². The summed E-state index contributed by atoms with van der Waals surface area (Å²) in [6, 6.07) is 13.2. The maximum Gasteiger partial charge on any atom is 0.238 e. The van der Waals surface area contributed by atoms with Crippen LogP contribution in [0.1, 0.15) is 40.6 Å². The average molecular weight is 607 g/mol. The molecule has 210 valence electrons. The maximum atomic E-state index is 14.6. The van der Waals surface area contributed by atoms with Gasteiger partial charge in [0.2, 0.25) is 21.8 Å². The number of ether oxygens (including phenoxy) is 1. The van der Waals surface area contributed by atoms with Crippen LogP contribution in [0.4, 0.5) is 10.1 Å². The summed E-state index contributed by atoms with van der Waals surface area (Å²) >= 11 is 12.7. The van der Waals surface area contributed by atoms with Crippen LogP contribution in [0.2, 0.25) is 10.0 Å². The molecule has 1 spiro atoms. The highest BCUT2D eigenvalue weighted by Crippen LogP contribution is 2.59. The molecule has 8 nitrogen and oxygen atoms in total. The Bertz CT molecular complexity index is 1630. The van der Waals surface area contributed by atoms with Crippen molar-refractivity contribution in [1.82, 2.24) is 10.0 Å². The Balaban J connectivity index is 1.71. The van der Waals surface area contributed by atoms with Gasteiger partial charge in [-0.3, -0.25) is 9.59 Å². The monoisotopic (exact) mass is 605 g/mol. The molecule has 5 rings (SSSR count). The summed E-state index contributed by atoms with van der Waals surface area (Å²) in [6.07, 6.45) is 0.945. The predicted molar refractivity (Wildman–Crippen MR) is 151 cm³/mol. The van der Waals surface area contributed by atoms with Gasteiger partial charge in [0, 0.05) is 40.2 Å². The molecule has 2 heterocycles. The summed E-state index contributed by atoms with van der Waals surface area (Å²) in [6.45, 7) is 1.78. The molecule has 0 aliphatic carbocycles. The van der Waals surface area contributed by atoms with Crippen LogP contribution in [0.15, 0.2) is 54.6 Å². The average Bonchev–Trinajstić information content (AvgIpc) is 3.15. The Morgan fingerprint density at radius 1 is 1.05 bits per heavy atom. The van der Waals surface area contributed by atoms with Gasteiger partial charge in [0.1, 0.15) is 23.6 Å². The molecule has 2 amide bonds. The van der Waals surface area contributed by atoms with E-state index in [0.717, 1.165) is 6.26 Å². The molecule has 3 N–H and O–H groups in total. The van der Waals surface area contributed by atoms with Crippen LogP contribution in [0, 0.1) is 12.7 Å². The number of aryl methyl sites for hydroxylation is 1. The lowest BCUT2D eigenvalue weighted by atomic mass is 9.59. The number of carbonyl (C=O) groups excluding carboxylic acids is 2. The van der Waals surface area contributed by atoms with E-state index in [9.17, 15) is 22.4 Å². The fourth-order valence-electron chi connectivity index (χ4n) is 5.75. The molecule has 1 fully saturated rings. The number of rotatable bonds is 7. The van der Waals surface area contributed by atoms with Crippen LogP contribution < -0.4 is 20.1 Å². The molecule has 0 radical (unpaired) electrons. The SMILES string of the molecule is Cc1ccc(F)cc1[C@@H]1NC(=O)C[C@H](c2cc(Cl)ccc2OCCNS(C)(=O)=O)C12C(=O)Nc1cc(Cl)ccc12. The summed E-state index contributed by atoms with van der Waals surface area (Å²) in [5, 5.41) is 6.67. The second-order valence-corrected chi connectivity index (χ2v) is 12.7. The number of benzene rings is 3. The van der Waals surface area contributed by atoms with Gasteiger partial charge < -0.3 is 15.4 Å². The Morgan fingerprint density at radius 3 is 2.52 bits per heavy atom. The molecule has 0 bridgehead atoms. The van der Waals surface area contributed by atoms with Crippen molar-refractivity contribution < 1.29 is 27.1 Å². The maximum absolute atomic E-state index is 14.6. The van der Waals surface area contributed by atoms with Crippen LogP contribution in [-0.2, 0) is 25.0 Å². The smallest absolute Gasteiger partial charge is 0.238 e. The molecule has 3 atom stereocenters. The molecule has 3 aromatic rings. The number of piperidine rings is 1. The minimum atomic E-state index is -3.43. The summed E-state index contributed by atoms with van der Waals surface area (Å²) in [4.78, 5) is 27.5. The Kier molecular flexibility index (Phi) is 7.56. The highest BCUT2D eigenvalue weighted by molar-refractivity contribution is 7.88. The van der Waals surface area contributed by atoms with Crippen molar-refractivity contribution >= 4 is 50.7 Å². The molecule has 3 aromatic carbocycles. The Hall–Kier alpha value is -3.18. The van der Waals surface area contributed by atoms with E-state index >= 15 is 0 Å². The third-order valence-electron chi connectivity index (χ3n) is 7.37. The van der Waals surface area contributed by atoms with Crippen LogP contribution in [0.25, 0.3) is 0 Å². The highest BCUT2D eigenvalue weighted by atomic mass is 35.5. The van der Waals surface area contributed by atoms with Gasteiger partial charge in [-0.2, -0.15) is 0 Å². The number of sulfonamides is 1. The lowest BCUT2D eigenvalue weighted by Crippen LogP contribution is -2.57. The highest BCUT2D eigenvalue weighted by Gasteiger charge is 2.61. The minimum absolute atomic E-state index is 0.00409. The van der Waals surface area contributed by atoms with E-state index in [1.54, 1.807) is 49.4 Å². The van der Waals surface area contributed by atoms with E-state index in [4.69, 9.17) is 27.9 Å². The van der Waals surface area contributed by atoms with Gasteiger partial charge in [-0.15, -0.1) is 0 Å². The van der Waals surface area contributed by atoms with Gasteiger partial charge in [-0.1, -0.05) is 35.3 Å². The van der Waals surface area contributed by atoms with Gasteiger partial charge >= 0.3 is 0 Å². The number of carbonyl (C=O) groups is 2. The Morgan fingerprint density at radius 2 is 1.77 bits per heavy atom. The van der Waals surface area contributed by atoms with Crippen LogP contribution in [0.5, 0.6) is 5.75 Å². The fraction of sp³-hybridized carbons (Fsp3) is 0.286. The van der Waals surface area contributed by atoms with E-state index in [2.05, 4.69) is 15.4 Å². The van der Waals surface area contributed by atoms with Gasteiger partial charge in [-0.05, 0) is 66.1 Å². The van der Waals surface area contributed by atoms with Gasteiger partial charge in [0.05, 0.1) is 12.3 Å². The van der Waals surface area contributed by atoms with Crippen molar-refractivity contribution in [3.05, 3.63) is 92.7 Å². The second kappa shape index (κ2) is 10.7. The molecule has 2 aliphatic heterocycles. The van der Waals surface area contributed by atoms with Crippen molar-refractivity contribution in [3.8, 4) is 5.75 Å². The van der Waals surface area contributed by atoms with E-state index in [0.29, 0.717) is 43.7 Å². The van der Waals surface area contributed by atoms with Crippen molar-refractivity contribution in [1.29, 1.82) is 0 Å². The number of amides is 2. The number of anilines is 1. The van der Waals surface area contributed by atoms with E-state index < -0.39 is 39.1 Å². The number of fused-ring (bicyclic) bond motifs is 2. The molecule has 0 saturated carbocycles. The first-order chi connectivity index (χ1) is 18.9. The number of halogens is 3. The summed E-state index contributed by atoms with van der Waals surface area (Å²) in [5.41, 5.74) is 1.28. The zero-order valence-electron chi connectivity index (χ0n) is 21.6. The molecule has 40 heavy (non-hydrogen) atoms. The molecule has 1 unspecified atom stereocenters. The fourth-order valence-corrected chi connectivity index (χ4v) is 6.56. The van der Waals surface area contributed by atoms with E-state index in [1.165, 1.54) is 12.1 Å². The zero-order chi connectivity index (χ0) is 28.8. The van der Waals surface area contributed by atoms with Gasteiger partial charge in [0.25, 0.3) is 0 Å². The van der Waals surface area contributed by atoms with E-state index in [-0.39, 0.29) is 25.5 Å². The predicted octanol–water partition coefficient (Wildman–Crippen LogP) is 4.60. The first kappa shape index (κ1) is 28.4. The molecule has 12 heteroatoms. The van der Waals surface area contributed by atoms with Crippen LogP contribution in [0.3, 0.4) is 0 Å². The molecule has 0 aromatic heterocycles. The van der Waals surface area contributed by atoms with Crippen molar-refractivity contribution in [2.45, 2.75) is 30.7 Å². The van der Waals surface area contributed by atoms with Crippen molar-refractivity contribution in [2.75, 3.05) is 24.7 Å². The quantitative estimate of drug-likeness (QED) is 0.341. The van der Waals surface area contributed by atoms with Crippen LogP contribution >= 0.6 is 23.2 Å². The number of nitrogens with one attached hydrogen (secondary N) is 3. The third kappa shape index (κ3) is 5.16. The summed E-state index contributed by atoms with van der Waals surface area (Å²) in [7, 11) is -3.43. The van der Waals surface area contributed by atoms with Gasteiger partial charge in [0.15, 0.2) is 0 Å². The molecular formula is C28H26Cl2FN3O5S. The van der Waals surface area contributed by atoms with Crippen molar-refractivity contribution in [2.24, 2.45) is 0 Å². The summed E-state index contributed by atoms with van der Waals surface area (Å²) in [5.74, 6) is -1.71. The number of hydrogen-bond acceptors (Lipinski definition) is 5. The zero-order valence-corrected chi connectivity index (χ0v) is 23.9. The number of hydrogen-bond donors (Lipinski definition) is 3. The lowest BCUT2D eigenvalue weighted by Gasteiger charge is -2.47. The topological polar surface area (TPSA) is 114 Å². The lowest BCUT2D eigenvalue weighted by molar-refractivity contribution is -0.131.